The molecule has 0 amide bonds. The Morgan fingerprint density at radius 2 is 1.48 bits per heavy atom. The fourth-order valence-corrected chi connectivity index (χ4v) is 2.88. The number of hydrogen-bond acceptors (Lipinski definition) is 3. The molecule has 5 heteroatoms. The number of aromatic amines is 1. The monoisotopic (exact) mass is 335 g/mol. The summed E-state index contributed by atoms with van der Waals surface area (Å²) in [7, 11) is 3.38. The third-order valence-corrected chi connectivity index (χ3v) is 4.25. The van der Waals surface area contributed by atoms with Gasteiger partial charge in [0.15, 0.2) is 0 Å². The smallest absolute Gasteiger partial charge is 0.329 e. The number of anilines is 1. The highest BCUT2D eigenvalue weighted by atomic mass is 16.2. The first-order valence-electron chi connectivity index (χ1n) is 8.17. The highest BCUT2D eigenvalue weighted by molar-refractivity contribution is 5.47. The lowest BCUT2D eigenvalue weighted by atomic mass is 10.1. The summed E-state index contributed by atoms with van der Waals surface area (Å²) in [5.74, 6) is 0.570. The third-order valence-electron chi connectivity index (χ3n) is 4.25. The number of nitrogens with one attached hydrogen (secondary N) is 1. The molecule has 0 unspecified atom stereocenters. The Balaban J connectivity index is 2.02. The van der Waals surface area contributed by atoms with Gasteiger partial charge in [-0.3, -0.25) is 14.3 Å². The summed E-state index contributed by atoms with van der Waals surface area (Å²) in [5, 5.41) is 0. The Labute approximate surface area is 146 Å². The molecule has 0 aliphatic rings. The molecule has 5 nitrogen and oxygen atoms in total. The van der Waals surface area contributed by atoms with Crippen molar-refractivity contribution >= 4 is 5.82 Å². The van der Waals surface area contributed by atoms with Crippen molar-refractivity contribution in [1.29, 1.82) is 0 Å². The van der Waals surface area contributed by atoms with Crippen LogP contribution in [0.4, 0.5) is 5.82 Å². The van der Waals surface area contributed by atoms with Crippen molar-refractivity contribution in [3.8, 4) is 0 Å². The van der Waals surface area contributed by atoms with Gasteiger partial charge in [-0.15, -0.1) is 0 Å². The van der Waals surface area contributed by atoms with Crippen LogP contribution in [0.5, 0.6) is 0 Å². The fourth-order valence-electron chi connectivity index (χ4n) is 2.88. The Morgan fingerprint density at radius 1 is 0.920 bits per heavy atom. The van der Waals surface area contributed by atoms with Crippen molar-refractivity contribution in [2.45, 2.75) is 13.0 Å². The first-order chi connectivity index (χ1) is 12.1. The van der Waals surface area contributed by atoms with Crippen molar-refractivity contribution < 1.29 is 0 Å². The van der Waals surface area contributed by atoms with Gasteiger partial charge in [0.1, 0.15) is 5.82 Å². The van der Waals surface area contributed by atoms with E-state index in [-0.39, 0.29) is 5.56 Å². The topological polar surface area (TPSA) is 58.1 Å². The number of benzene rings is 2. The van der Waals surface area contributed by atoms with Gasteiger partial charge in [-0.1, -0.05) is 60.7 Å². The summed E-state index contributed by atoms with van der Waals surface area (Å²) in [4.78, 5) is 29.6. The van der Waals surface area contributed by atoms with Gasteiger partial charge in [0.2, 0.25) is 0 Å². The molecule has 3 aromatic rings. The Hall–Kier alpha value is -3.08. The number of H-pyrrole nitrogens is 1. The van der Waals surface area contributed by atoms with Crippen molar-refractivity contribution in [2.24, 2.45) is 7.05 Å². The van der Waals surface area contributed by atoms with Crippen LogP contribution in [0, 0.1) is 0 Å². The second-order valence-electron chi connectivity index (χ2n) is 6.13. The zero-order valence-electron chi connectivity index (χ0n) is 14.4. The molecule has 25 heavy (non-hydrogen) atoms. The normalized spacial score (nSPS) is 10.6. The molecule has 128 valence electrons. The van der Waals surface area contributed by atoms with E-state index in [2.05, 4.69) is 4.98 Å². The molecule has 3 rings (SSSR count). The average molecular weight is 335 g/mol. The van der Waals surface area contributed by atoms with Gasteiger partial charge in [-0.05, 0) is 11.1 Å². The molecular formula is C20H21N3O2. The Kier molecular flexibility index (Phi) is 4.84. The van der Waals surface area contributed by atoms with Gasteiger partial charge >= 0.3 is 5.69 Å². The van der Waals surface area contributed by atoms with Gasteiger partial charge in [-0.25, -0.2) is 4.79 Å². The lowest BCUT2D eigenvalue weighted by molar-refractivity contribution is 0.742. The number of nitrogens with zero attached hydrogens (tertiary/aromatic N) is 2. The van der Waals surface area contributed by atoms with E-state index >= 15 is 0 Å². The van der Waals surface area contributed by atoms with E-state index in [9.17, 15) is 9.59 Å². The van der Waals surface area contributed by atoms with Gasteiger partial charge in [0.05, 0.1) is 5.56 Å². The highest BCUT2D eigenvalue weighted by Crippen LogP contribution is 2.17. The van der Waals surface area contributed by atoms with Crippen molar-refractivity contribution in [3.63, 3.8) is 0 Å². The molecule has 0 saturated carbocycles. The quantitative estimate of drug-likeness (QED) is 0.778. The molecule has 2 aromatic carbocycles. The molecule has 0 aliphatic heterocycles. The molecule has 0 atom stereocenters. The van der Waals surface area contributed by atoms with Gasteiger partial charge in [0.25, 0.3) is 5.56 Å². The maximum Gasteiger partial charge on any atom is 0.329 e. The first kappa shape index (κ1) is 16.8. The standard InChI is InChI=1S/C20H21N3O2/c1-22(14-16-11-7-4-8-12-16)18-17(13-15-9-5-3-6-10-15)19(24)23(2)20(25)21-18/h3-12H,13-14H2,1-2H3,(H,21,25). The van der Waals surface area contributed by atoms with Gasteiger partial charge in [0, 0.05) is 27.1 Å². The zero-order chi connectivity index (χ0) is 17.8. The zero-order valence-corrected chi connectivity index (χ0v) is 14.4. The van der Waals surface area contributed by atoms with Crippen LogP contribution < -0.4 is 16.1 Å². The maximum absolute atomic E-state index is 12.7. The summed E-state index contributed by atoms with van der Waals surface area (Å²) in [6.07, 6.45) is 0.471. The minimum Gasteiger partial charge on any atom is -0.356 e. The molecule has 0 radical (unpaired) electrons. The second kappa shape index (κ2) is 7.21. The van der Waals surface area contributed by atoms with Crippen LogP contribution >= 0.6 is 0 Å². The predicted molar refractivity (Wildman–Crippen MR) is 100 cm³/mol. The van der Waals surface area contributed by atoms with Crippen LogP contribution in [-0.4, -0.2) is 16.6 Å². The van der Waals surface area contributed by atoms with Crippen LogP contribution in [0.3, 0.4) is 0 Å². The van der Waals surface area contributed by atoms with E-state index in [1.807, 2.05) is 72.6 Å². The lowest BCUT2D eigenvalue weighted by Crippen LogP contribution is -2.38. The minimum atomic E-state index is -0.406. The van der Waals surface area contributed by atoms with Gasteiger partial charge in [-0.2, -0.15) is 0 Å². The summed E-state index contributed by atoms with van der Waals surface area (Å²) in [6.45, 7) is 0.603. The van der Waals surface area contributed by atoms with E-state index < -0.39 is 5.69 Å². The highest BCUT2D eigenvalue weighted by Gasteiger charge is 2.16. The minimum absolute atomic E-state index is 0.262. The molecule has 0 aliphatic carbocycles. The van der Waals surface area contributed by atoms with Crippen molar-refractivity contribution in [2.75, 3.05) is 11.9 Å². The SMILES string of the molecule is CN(Cc1ccccc1)c1[nH]c(=O)n(C)c(=O)c1Cc1ccccc1. The summed E-state index contributed by atoms with van der Waals surface area (Å²) < 4.78 is 1.12. The summed E-state index contributed by atoms with van der Waals surface area (Å²) in [5.41, 5.74) is 2.06. The number of rotatable bonds is 5. The molecule has 1 aromatic heterocycles. The molecule has 0 spiro atoms. The third kappa shape index (κ3) is 3.71. The van der Waals surface area contributed by atoms with Gasteiger partial charge < -0.3 is 4.90 Å². The first-order valence-corrected chi connectivity index (χ1v) is 8.17. The molecular weight excluding hydrogens is 314 g/mol. The largest absolute Gasteiger partial charge is 0.356 e. The number of aromatic nitrogens is 2. The molecule has 1 N–H and O–H groups in total. The predicted octanol–water partition coefficient (Wildman–Crippen LogP) is 2.30. The van der Waals surface area contributed by atoms with Crippen LogP contribution in [0.2, 0.25) is 0 Å². The molecule has 0 saturated heterocycles. The van der Waals surface area contributed by atoms with E-state index in [1.54, 1.807) is 0 Å². The Bertz CT molecular complexity index is 960. The van der Waals surface area contributed by atoms with E-state index in [1.165, 1.54) is 7.05 Å². The molecule has 0 bridgehead atoms. The van der Waals surface area contributed by atoms with E-state index in [4.69, 9.17) is 0 Å². The van der Waals surface area contributed by atoms with Crippen LogP contribution in [-0.2, 0) is 20.0 Å². The molecule has 1 heterocycles. The number of hydrogen-bond donors (Lipinski definition) is 1. The fraction of sp³-hybridized carbons (Fsp3) is 0.200. The van der Waals surface area contributed by atoms with E-state index in [0.717, 1.165) is 15.7 Å². The van der Waals surface area contributed by atoms with E-state index in [0.29, 0.717) is 24.3 Å². The Morgan fingerprint density at radius 3 is 2.08 bits per heavy atom. The average Bonchev–Trinajstić information content (AvgIpc) is 2.63. The van der Waals surface area contributed by atoms with Crippen LogP contribution in [0.1, 0.15) is 16.7 Å². The van der Waals surface area contributed by atoms with Crippen LogP contribution in [0.15, 0.2) is 70.3 Å². The summed E-state index contributed by atoms with van der Waals surface area (Å²) >= 11 is 0. The van der Waals surface area contributed by atoms with Crippen LogP contribution in [0.25, 0.3) is 0 Å². The maximum atomic E-state index is 12.7. The summed E-state index contributed by atoms with van der Waals surface area (Å²) in [6, 6.07) is 19.7. The lowest BCUT2D eigenvalue weighted by Gasteiger charge is -2.22. The van der Waals surface area contributed by atoms with Crippen molar-refractivity contribution in [3.05, 3.63) is 98.2 Å². The van der Waals surface area contributed by atoms with Crippen molar-refractivity contribution in [1.82, 2.24) is 9.55 Å². The molecule has 0 fully saturated rings. The second-order valence-corrected chi connectivity index (χ2v) is 6.13.